The molecule has 0 N–H and O–H groups in total. The largest absolute Gasteiger partial charge is 0.497 e. The van der Waals surface area contributed by atoms with E-state index in [-0.39, 0.29) is 0 Å². The van der Waals surface area contributed by atoms with Crippen LogP contribution in [-0.4, -0.2) is 32.4 Å². The Balaban J connectivity index is 2.04. The Kier molecular flexibility index (Phi) is 4.37. The first-order valence-corrected chi connectivity index (χ1v) is 7.42. The average Bonchev–Trinajstić information content (AvgIpc) is 2.99. The summed E-state index contributed by atoms with van der Waals surface area (Å²) < 4.78 is 15.2. The zero-order valence-electron chi connectivity index (χ0n) is 13.3. The van der Waals surface area contributed by atoms with Gasteiger partial charge in [0.2, 0.25) is 6.10 Å². The molecule has 0 radical (unpaired) electrons. The fourth-order valence-corrected chi connectivity index (χ4v) is 2.75. The summed E-state index contributed by atoms with van der Waals surface area (Å²) in [6, 6.07) is 15.6. The first-order chi connectivity index (χ1) is 11.7. The maximum absolute atomic E-state index is 12.4. The Bertz CT molecular complexity index is 729. The Labute approximate surface area is 139 Å². The topological polar surface area (TPSA) is 65.1 Å². The molecule has 6 nitrogen and oxygen atoms in total. The number of methoxy groups -OCH3 is 2. The van der Waals surface area contributed by atoms with Crippen LogP contribution in [0.1, 0.15) is 11.6 Å². The molecule has 1 aliphatic heterocycles. The summed E-state index contributed by atoms with van der Waals surface area (Å²) in [5, 5.41) is 0. The van der Waals surface area contributed by atoms with Crippen molar-refractivity contribution < 1.29 is 23.8 Å². The lowest BCUT2D eigenvalue weighted by Gasteiger charge is -2.24. The second-order valence-corrected chi connectivity index (χ2v) is 5.25. The van der Waals surface area contributed by atoms with Gasteiger partial charge in [-0.05, 0) is 29.8 Å². The lowest BCUT2D eigenvalue weighted by Crippen LogP contribution is -2.33. The molecule has 1 heterocycles. The number of nitrogens with zero attached hydrogens (tertiary/aromatic N) is 1. The van der Waals surface area contributed by atoms with Crippen LogP contribution >= 0.6 is 0 Å². The highest BCUT2D eigenvalue weighted by Crippen LogP contribution is 2.38. The van der Waals surface area contributed by atoms with Crippen LogP contribution in [0.2, 0.25) is 0 Å². The Hall–Kier alpha value is -3.02. The number of ether oxygens (including phenoxy) is 3. The molecule has 1 fully saturated rings. The molecule has 1 saturated heterocycles. The number of cyclic esters (lactones) is 1. The number of rotatable bonds is 4. The van der Waals surface area contributed by atoms with Crippen LogP contribution < -0.4 is 9.64 Å². The molecule has 0 spiro atoms. The Morgan fingerprint density at radius 3 is 2.29 bits per heavy atom. The second-order valence-electron chi connectivity index (χ2n) is 5.25. The van der Waals surface area contributed by atoms with Gasteiger partial charge in [0, 0.05) is 5.69 Å². The zero-order chi connectivity index (χ0) is 17.1. The summed E-state index contributed by atoms with van der Waals surface area (Å²) in [6.07, 6.45) is -1.61. The standard InChI is InChI=1S/C18H17NO5/c1-22-14-10-8-13(9-11-14)19-15(12-6-4-3-5-7-12)16(17(20)23-2)24-18(19)21/h3-11,15-16H,1-2H3/t15-,16+/m1/s1. The number of anilines is 1. The molecule has 1 aliphatic rings. The van der Waals surface area contributed by atoms with Crippen molar-refractivity contribution >= 4 is 17.7 Å². The van der Waals surface area contributed by atoms with Crippen molar-refractivity contribution in [2.45, 2.75) is 12.1 Å². The number of benzene rings is 2. The number of carbonyl (C=O) groups is 2. The predicted octanol–water partition coefficient (Wildman–Crippen LogP) is 2.93. The zero-order valence-corrected chi connectivity index (χ0v) is 13.3. The SMILES string of the molecule is COC(=O)[C@H]1OC(=O)N(c2ccc(OC)cc2)[C@@H]1c1ccccc1. The molecule has 3 rings (SSSR count). The number of carbonyl (C=O) groups excluding carboxylic acids is 2. The molecule has 2 aromatic carbocycles. The molecule has 0 saturated carbocycles. The minimum absolute atomic E-state index is 0.590. The van der Waals surface area contributed by atoms with E-state index in [0.717, 1.165) is 5.56 Å². The van der Waals surface area contributed by atoms with Crippen LogP contribution in [-0.2, 0) is 14.3 Å². The predicted molar refractivity (Wildman–Crippen MR) is 86.9 cm³/mol. The fraction of sp³-hybridized carbons (Fsp3) is 0.222. The van der Waals surface area contributed by atoms with Crippen molar-refractivity contribution in [2.75, 3.05) is 19.1 Å². The molecular formula is C18H17NO5. The van der Waals surface area contributed by atoms with E-state index < -0.39 is 24.2 Å². The van der Waals surface area contributed by atoms with E-state index in [4.69, 9.17) is 14.2 Å². The molecular weight excluding hydrogens is 310 g/mol. The van der Waals surface area contributed by atoms with Gasteiger partial charge < -0.3 is 14.2 Å². The van der Waals surface area contributed by atoms with E-state index in [9.17, 15) is 9.59 Å². The van der Waals surface area contributed by atoms with Gasteiger partial charge in [-0.25, -0.2) is 9.59 Å². The van der Waals surface area contributed by atoms with Crippen molar-refractivity contribution in [3.63, 3.8) is 0 Å². The van der Waals surface area contributed by atoms with Crippen molar-refractivity contribution in [3.8, 4) is 5.75 Å². The minimum atomic E-state index is -1.02. The van der Waals surface area contributed by atoms with Crippen molar-refractivity contribution in [2.24, 2.45) is 0 Å². The molecule has 0 unspecified atom stereocenters. The Morgan fingerprint density at radius 1 is 1.04 bits per heavy atom. The van der Waals surface area contributed by atoms with Gasteiger partial charge in [-0.2, -0.15) is 0 Å². The third-order valence-corrected chi connectivity index (χ3v) is 3.91. The van der Waals surface area contributed by atoms with Crippen LogP contribution in [0.15, 0.2) is 54.6 Å². The van der Waals surface area contributed by atoms with Gasteiger partial charge in [-0.3, -0.25) is 4.90 Å². The third-order valence-electron chi connectivity index (χ3n) is 3.91. The summed E-state index contributed by atoms with van der Waals surface area (Å²) in [7, 11) is 2.84. The van der Waals surface area contributed by atoms with Gasteiger partial charge in [0.25, 0.3) is 0 Å². The van der Waals surface area contributed by atoms with Gasteiger partial charge in [-0.15, -0.1) is 0 Å². The van der Waals surface area contributed by atoms with Crippen molar-refractivity contribution in [1.82, 2.24) is 0 Å². The summed E-state index contributed by atoms with van der Waals surface area (Å²) in [6.45, 7) is 0. The van der Waals surface area contributed by atoms with Gasteiger partial charge in [0.05, 0.1) is 14.2 Å². The molecule has 2 atom stereocenters. The van der Waals surface area contributed by atoms with Crippen molar-refractivity contribution in [3.05, 3.63) is 60.2 Å². The van der Waals surface area contributed by atoms with E-state index in [1.165, 1.54) is 12.0 Å². The molecule has 24 heavy (non-hydrogen) atoms. The van der Waals surface area contributed by atoms with Crippen LogP contribution in [0.5, 0.6) is 5.75 Å². The maximum Gasteiger partial charge on any atom is 0.415 e. The van der Waals surface area contributed by atoms with Crippen LogP contribution in [0.25, 0.3) is 0 Å². The minimum Gasteiger partial charge on any atom is -0.497 e. The normalized spacial score (nSPS) is 19.8. The molecule has 2 aromatic rings. The van der Waals surface area contributed by atoms with Crippen LogP contribution in [0.4, 0.5) is 10.5 Å². The van der Waals surface area contributed by atoms with E-state index >= 15 is 0 Å². The van der Waals surface area contributed by atoms with Gasteiger partial charge in [0.1, 0.15) is 11.8 Å². The molecule has 6 heteroatoms. The lowest BCUT2D eigenvalue weighted by molar-refractivity contribution is -0.149. The number of amides is 1. The van der Waals surface area contributed by atoms with Crippen molar-refractivity contribution in [1.29, 1.82) is 0 Å². The van der Waals surface area contributed by atoms with Gasteiger partial charge in [-0.1, -0.05) is 30.3 Å². The van der Waals surface area contributed by atoms with Gasteiger partial charge in [0.15, 0.2) is 0 Å². The highest BCUT2D eigenvalue weighted by Gasteiger charge is 2.48. The molecule has 0 aliphatic carbocycles. The van der Waals surface area contributed by atoms with E-state index in [1.807, 2.05) is 30.3 Å². The van der Waals surface area contributed by atoms with Gasteiger partial charge >= 0.3 is 12.1 Å². The molecule has 0 aromatic heterocycles. The quantitative estimate of drug-likeness (QED) is 0.808. The van der Waals surface area contributed by atoms with Crippen LogP contribution in [0, 0.1) is 0 Å². The first kappa shape index (κ1) is 15.9. The third kappa shape index (κ3) is 2.78. The number of esters is 1. The summed E-state index contributed by atoms with van der Waals surface area (Å²) in [5.41, 5.74) is 1.40. The van der Waals surface area contributed by atoms with E-state index in [0.29, 0.717) is 11.4 Å². The smallest absolute Gasteiger partial charge is 0.415 e. The highest BCUT2D eigenvalue weighted by atomic mass is 16.6. The maximum atomic E-state index is 12.4. The molecule has 124 valence electrons. The Morgan fingerprint density at radius 2 is 1.71 bits per heavy atom. The highest BCUT2D eigenvalue weighted by molar-refractivity contribution is 5.95. The van der Waals surface area contributed by atoms with E-state index in [2.05, 4.69) is 0 Å². The van der Waals surface area contributed by atoms with Crippen LogP contribution in [0.3, 0.4) is 0 Å². The number of hydrogen-bond donors (Lipinski definition) is 0. The first-order valence-electron chi connectivity index (χ1n) is 7.42. The summed E-state index contributed by atoms with van der Waals surface area (Å²) in [4.78, 5) is 25.9. The lowest BCUT2D eigenvalue weighted by atomic mass is 10.00. The number of hydrogen-bond acceptors (Lipinski definition) is 5. The van der Waals surface area contributed by atoms with E-state index in [1.54, 1.807) is 31.4 Å². The summed E-state index contributed by atoms with van der Waals surface area (Å²) in [5.74, 6) is 0.0836. The molecule has 1 amide bonds. The second kappa shape index (κ2) is 6.62. The molecule has 0 bridgehead atoms. The summed E-state index contributed by atoms with van der Waals surface area (Å²) >= 11 is 0. The fourth-order valence-electron chi connectivity index (χ4n) is 2.75. The average molecular weight is 327 g/mol. The monoisotopic (exact) mass is 327 g/mol.